The van der Waals surface area contributed by atoms with Crippen molar-refractivity contribution < 1.29 is 18.3 Å². The summed E-state index contributed by atoms with van der Waals surface area (Å²) in [5.74, 6) is -1.21. The van der Waals surface area contributed by atoms with Crippen LogP contribution in [-0.2, 0) is 17.9 Å². The minimum Gasteiger partial charge on any atom is -0.467 e. The first-order chi connectivity index (χ1) is 13.1. The quantitative estimate of drug-likeness (QED) is 0.705. The summed E-state index contributed by atoms with van der Waals surface area (Å²) in [7, 11) is 0. The molecule has 0 fully saturated rings. The number of nitrogens with zero attached hydrogens (tertiary/aromatic N) is 2. The molecular formula is C21H16F2N2O2. The zero-order valence-corrected chi connectivity index (χ0v) is 14.4. The Labute approximate surface area is 155 Å². The van der Waals surface area contributed by atoms with E-state index < -0.39 is 11.6 Å². The molecule has 0 aliphatic carbocycles. The molecule has 136 valence electrons. The normalized spacial score (nSPS) is 13.7. The molecule has 0 saturated heterocycles. The number of carbonyl (C=O) groups is 1. The lowest BCUT2D eigenvalue weighted by molar-refractivity contribution is -0.133. The summed E-state index contributed by atoms with van der Waals surface area (Å²) in [6.07, 6.45) is 1.64. The predicted octanol–water partition coefficient (Wildman–Crippen LogP) is 3.95. The van der Waals surface area contributed by atoms with Gasteiger partial charge in [0.15, 0.2) is 6.61 Å². The van der Waals surface area contributed by atoms with E-state index in [1.807, 2.05) is 36.4 Å². The summed E-state index contributed by atoms with van der Waals surface area (Å²) in [5.41, 5.74) is 3.04. The minimum atomic E-state index is -0.671. The van der Waals surface area contributed by atoms with E-state index in [-0.39, 0.29) is 25.6 Å². The third-order valence-corrected chi connectivity index (χ3v) is 4.43. The highest BCUT2D eigenvalue weighted by molar-refractivity contribution is 5.79. The molecule has 3 aromatic rings. The van der Waals surface area contributed by atoms with Gasteiger partial charge in [0.2, 0.25) is 5.88 Å². The van der Waals surface area contributed by atoms with E-state index in [0.717, 1.165) is 22.8 Å². The summed E-state index contributed by atoms with van der Waals surface area (Å²) < 4.78 is 32.6. The van der Waals surface area contributed by atoms with Gasteiger partial charge in [-0.1, -0.05) is 30.3 Å². The molecule has 0 bridgehead atoms. The maximum atomic E-state index is 13.5. The van der Waals surface area contributed by atoms with Crippen molar-refractivity contribution in [2.24, 2.45) is 0 Å². The molecule has 0 spiro atoms. The number of rotatable bonds is 3. The Hall–Kier alpha value is -3.28. The van der Waals surface area contributed by atoms with Crippen molar-refractivity contribution in [3.05, 3.63) is 83.6 Å². The maximum Gasteiger partial charge on any atom is 0.261 e. The van der Waals surface area contributed by atoms with E-state index in [2.05, 4.69) is 4.98 Å². The summed E-state index contributed by atoms with van der Waals surface area (Å²) in [6.45, 7) is 0.153. The van der Waals surface area contributed by atoms with Crippen molar-refractivity contribution in [1.29, 1.82) is 0 Å². The Balaban J connectivity index is 1.70. The molecule has 1 amide bonds. The van der Waals surface area contributed by atoms with E-state index in [4.69, 9.17) is 4.74 Å². The van der Waals surface area contributed by atoms with Crippen molar-refractivity contribution in [3.63, 3.8) is 0 Å². The smallest absolute Gasteiger partial charge is 0.261 e. The zero-order valence-electron chi connectivity index (χ0n) is 14.4. The van der Waals surface area contributed by atoms with E-state index in [1.54, 1.807) is 6.20 Å². The average molecular weight is 366 g/mol. The number of hydrogen-bond acceptors (Lipinski definition) is 3. The second-order valence-electron chi connectivity index (χ2n) is 6.32. The van der Waals surface area contributed by atoms with Crippen molar-refractivity contribution in [2.45, 2.75) is 13.1 Å². The van der Waals surface area contributed by atoms with Gasteiger partial charge in [-0.25, -0.2) is 13.8 Å². The molecule has 0 unspecified atom stereocenters. The lowest BCUT2D eigenvalue weighted by Gasteiger charge is -2.21. The van der Waals surface area contributed by atoms with Gasteiger partial charge < -0.3 is 9.64 Å². The molecule has 4 nitrogen and oxygen atoms in total. The fourth-order valence-corrected chi connectivity index (χ4v) is 3.21. The Bertz CT molecular complexity index is 972. The maximum absolute atomic E-state index is 13.5. The summed E-state index contributed by atoms with van der Waals surface area (Å²) >= 11 is 0. The van der Waals surface area contributed by atoms with E-state index in [1.165, 1.54) is 17.0 Å². The molecule has 6 heteroatoms. The Kier molecular flexibility index (Phi) is 4.54. The largest absolute Gasteiger partial charge is 0.467 e. The molecule has 2 heterocycles. The Morgan fingerprint density at radius 1 is 1.04 bits per heavy atom. The van der Waals surface area contributed by atoms with Crippen molar-refractivity contribution in [2.75, 3.05) is 6.61 Å². The number of ether oxygens (including phenoxy) is 1. The average Bonchev–Trinajstić information content (AvgIpc) is 2.81. The van der Waals surface area contributed by atoms with Crippen LogP contribution in [0.1, 0.15) is 11.1 Å². The molecule has 1 aliphatic heterocycles. The van der Waals surface area contributed by atoms with Crippen molar-refractivity contribution >= 4 is 5.91 Å². The first kappa shape index (κ1) is 17.1. The highest BCUT2D eigenvalue weighted by Gasteiger charge is 2.25. The van der Waals surface area contributed by atoms with E-state index in [0.29, 0.717) is 11.4 Å². The van der Waals surface area contributed by atoms with E-state index in [9.17, 15) is 13.6 Å². The van der Waals surface area contributed by atoms with Gasteiger partial charge in [-0.3, -0.25) is 4.79 Å². The van der Waals surface area contributed by atoms with Gasteiger partial charge in [0.25, 0.3) is 5.91 Å². The first-order valence-corrected chi connectivity index (χ1v) is 8.49. The van der Waals surface area contributed by atoms with Crippen LogP contribution < -0.4 is 4.74 Å². The van der Waals surface area contributed by atoms with Crippen molar-refractivity contribution in [3.8, 4) is 17.0 Å². The monoisotopic (exact) mass is 366 g/mol. The van der Waals surface area contributed by atoms with Crippen LogP contribution in [0.4, 0.5) is 8.78 Å². The van der Waals surface area contributed by atoms with Gasteiger partial charge in [-0.2, -0.15) is 0 Å². The van der Waals surface area contributed by atoms with Gasteiger partial charge in [-0.05, 0) is 34.9 Å². The van der Waals surface area contributed by atoms with Gasteiger partial charge in [-0.15, -0.1) is 0 Å². The van der Waals surface area contributed by atoms with Crippen LogP contribution in [0.15, 0.2) is 60.8 Å². The van der Waals surface area contributed by atoms with Gasteiger partial charge in [0, 0.05) is 24.4 Å². The molecule has 27 heavy (non-hydrogen) atoms. The third-order valence-electron chi connectivity index (χ3n) is 4.43. The SMILES string of the molecule is O=C1COc2nccc(-c3ccccc3)c2CN1Cc1cc(F)cc(F)c1. The number of hydrogen-bond donors (Lipinski definition) is 0. The zero-order chi connectivity index (χ0) is 18.8. The molecular weight excluding hydrogens is 350 g/mol. The number of halogens is 2. The topological polar surface area (TPSA) is 42.4 Å². The summed E-state index contributed by atoms with van der Waals surface area (Å²) in [4.78, 5) is 18.3. The number of carbonyl (C=O) groups excluding carboxylic acids is 1. The predicted molar refractivity (Wildman–Crippen MR) is 95.8 cm³/mol. The van der Waals surface area contributed by atoms with Crippen LogP contribution in [0.2, 0.25) is 0 Å². The highest BCUT2D eigenvalue weighted by atomic mass is 19.1. The fourth-order valence-electron chi connectivity index (χ4n) is 3.21. The van der Waals surface area contributed by atoms with Gasteiger partial charge >= 0.3 is 0 Å². The van der Waals surface area contributed by atoms with Crippen LogP contribution in [0.3, 0.4) is 0 Å². The number of benzene rings is 2. The number of amides is 1. The van der Waals surface area contributed by atoms with Crippen LogP contribution in [0.5, 0.6) is 5.88 Å². The molecule has 0 radical (unpaired) electrons. The van der Waals surface area contributed by atoms with Crippen LogP contribution >= 0.6 is 0 Å². The molecule has 1 aromatic heterocycles. The minimum absolute atomic E-state index is 0.0828. The van der Waals surface area contributed by atoms with Gasteiger partial charge in [0.1, 0.15) is 11.6 Å². The number of fused-ring (bicyclic) bond motifs is 1. The first-order valence-electron chi connectivity index (χ1n) is 8.49. The second-order valence-corrected chi connectivity index (χ2v) is 6.32. The summed E-state index contributed by atoms with van der Waals surface area (Å²) in [6, 6.07) is 14.8. The molecule has 2 aromatic carbocycles. The standard InChI is InChI=1S/C21H16F2N2O2/c22-16-8-14(9-17(23)10-16)11-25-12-19-18(15-4-2-1-3-5-15)6-7-24-21(19)27-13-20(25)26/h1-10H,11-13H2. The Morgan fingerprint density at radius 3 is 2.52 bits per heavy atom. The van der Waals surface area contributed by atoms with Crippen LogP contribution in [-0.4, -0.2) is 22.4 Å². The van der Waals surface area contributed by atoms with Crippen molar-refractivity contribution in [1.82, 2.24) is 9.88 Å². The molecule has 0 atom stereocenters. The lowest BCUT2D eigenvalue weighted by Crippen LogP contribution is -2.32. The lowest BCUT2D eigenvalue weighted by atomic mass is 10.0. The number of aromatic nitrogens is 1. The second kappa shape index (κ2) is 7.15. The molecule has 0 N–H and O–H groups in total. The molecule has 4 rings (SSSR count). The van der Waals surface area contributed by atoms with Crippen LogP contribution in [0.25, 0.3) is 11.1 Å². The molecule has 0 saturated carbocycles. The highest BCUT2D eigenvalue weighted by Crippen LogP contribution is 2.32. The van der Waals surface area contributed by atoms with Crippen LogP contribution in [0, 0.1) is 11.6 Å². The van der Waals surface area contributed by atoms with E-state index >= 15 is 0 Å². The number of pyridine rings is 1. The summed E-state index contributed by atoms with van der Waals surface area (Å²) in [5, 5.41) is 0. The molecule has 1 aliphatic rings. The third kappa shape index (κ3) is 3.65. The van der Waals surface area contributed by atoms with Gasteiger partial charge in [0.05, 0.1) is 6.54 Å². The Morgan fingerprint density at radius 2 is 1.78 bits per heavy atom. The fraction of sp³-hybridized carbons (Fsp3) is 0.143.